The van der Waals surface area contributed by atoms with Crippen LogP contribution < -0.4 is 0 Å². The molecule has 1 amide bonds. The highest BCUT2D eigenvalue weighted by atomic mass is 19.4. The number of para-hydroxylation sites is 1. The molecule has 3 aromatic rings. The van der Waals surface area contributed by atoms with Crippen LogP contribution in [0.15, 0.2) is 48.7 Å². The van der Waals surface area contributed by atoms with Crippen LogP contribution in [0.3, 0.4) is 0 Å². The molecule has 0 radical (unpaired) electrons. The Kier molecular flexibility index (Phi) is 7.36. The highest BCUT2D eigenvalue weighted by Crippen LogP contribution is 2.38. The van der Waals surface area contributed by atoms with Gasteiger partial charge in [0, 0.05) is 48.9 Å². The maximum Gasteiger partial charge on any atom is 0.416 e. The van der Waals surface area contributed by atoms with E-state index in [0.717, 1.165) is 16.5 Å². The third kappa shape index (κ3) is 5.53. The average molecular weight is 512 g/mol. The summed E-state index contributed by atoms with van der Waals surface area (Å²) < 4.78 is 86.8. The number of piperidine rings is 1. The van der Waals surface area contributed by atoms with E-state index in [1.165, 1.54) is 4.90 Å². The molecule has 1 aliphatic heterocycles. The predicted molar refractivity (Wildman–Crippen MR) is 123 cm³/mol. The van der Waals surface area contributed by atoms with Gasteiger partial charge in [-0.1, -0.05) is 18.2 Å². The molecule has 0 spiro atoms. The first-order chi connectivity index (χ1) is 17.0. The molecule has 10 heteroatoms. The molecule has 0 bridgehead atoms. The van der Waals surface area contributed by atoms with Crippen molar-refractivity contribution in [2.24, 2.45) is 0 Å². The molecule has 1 fully saturated rings. The molecule has 1 saturated heterocycles. The molecule has 0 atom stereocenters. The number of fused-ring (bicyclic) bond motifs is 1. The van der Waals surface area contributed by atoms with E-state index in [0.29, 0.717) is 44.7 Å². The van der Waals surface area contributed by atoms with Gasteiger partial charge in [0.1, 0.15) is 0 Å². The predicted octanol–water partition coefficient (Wildman–Crippen LogP) is 6.74. The lowest BCUT2D eigenvalue weighted by molar-refractivity contribution is -0.143. The van der Waals surface area contributed by atoms with Crippen LogP contribution in [0.5, 0.6) is 0 Å². The van der Waals surface area contributed by atoms with Gasteiger partial charge in [-0.25, -0.2) is 0 Å². The Morgan fingerprint density at radius 3 is 2.17 bits per heavy atom. The third-order valence-electron chi connectivity index (χ3n) is 6.56. The first-order valence-electron chi connectivity index (χ1n) is 11.7. The number of carbonyl (C=O) groups excluding carboxylic acids is 1. The van der Waals surface area contributed by atoms with E-state index in [4.69, 9.17) is 4.74 Å². The molecule has 4 nitrogen and oxygen atoms in total. The van der Waals surface area contributed by atoms with Crippen molar-refractivity contribution in [1.29, 1.82) is 0 Å². The average Bonchev–Trinajstić information content (AvgIpc) is 3.21. The van der Waals surface area contributed by atoms with Gasteiger partial charge in [-0.05, 0) is 55.5 Å². The number of ether oxygens (including phenoxy) is 1. The molecule has 0 aliphatic carbocycles. The number of benzene rings is 2. The summed E-state index contributed by atoms with van der Waals surface area (Å²) in [5, 5.41) is 1.09. The molecule has 1 aromatic heterocycles. The number of hydrogen-bond acceptors (Lipinski definition) is 2. The molecular weight excluding hydrogens is 486 g/mol. The molecule has 2 heterocycles. The normalized spacial score (nSPS) is 15.6. The second-order valence-corrected chi connectivity index (χ2v) is 8.85. The Bertz CT molecular complexity index is 1190. The number of halogens is 6. The molecule has 0 unspecified atom stereocenters. The maximum atomic E-state index is 13.2. The number of likely N-dealkylation sites (tertiary alicyclic amines) is 1. The molecule has 4 rings (SSSR count). The van der Waals surface area contributed by atoms with Crippen LogP contribution in [-0.2, 0) is 23.6 Å². The van der Waals surface area contributed by atoms with Gasteiger partial charge in [0.2, 0.25) is 0 Å². The number of alkyl halides is 6. The highest BCUT2D eigenvalue weighted by Gasteiger charge is 2.38. The number of carbonyl (C=O) groups is 1. The first kappa shape index (κ1) is 26.1. The number of amides is 1. The second-order valence-electron chi connectivity index (χ2n) is 8.85. The van der Waals surface area contributed by atoms with E-state index in [9.17, 15) is 31.1 Å². The summed E-state index contributed by atoms with van der Waals surface area (Å²) in [7, 11) is 0. The summed E-state index contributed by atoms with van der Waals surface area (Å²) >= 11 is 0. The molecule has 194 valence electrons. The van der Waals surface area contributed by atoms with Gasteiger partial charge >= 0.3 is 12.4 Å². The Morgan fingerprint density at radius 1 is 0.972 bits per heavy atom. The van der Waals surface area contributed by atoms with Crippen LogP contribution in [0, 0.1) is 0 Å². The van der Waals surface area contributed by atoms with Crippen molar-refractivity contribution in [2.45, 2.75) is 44.6 Å². The lowest BCUT2D eigenvalue weighted by Gasteiger charge is -2.32. The molecule has 0 N–H and O–H groups in total. The van der Waals surface area contributed by atoms with Crippen molar-refractivity contribution in [3.8, 4) is 0 Å². The van der Waals surface area contributed by atoms with E-state index in [-0.39, 0.29) is 25.1 Å². The smallest absolute Gasteiger partial charge is 0.380 e. The molecule has 2 aromatic carbocycles. The standard InChI is InChI=1S/C26H26F6N2O2/c1-2-36-12-11-34-16-22(21-5-3-4-6-23(21)34)17-7-9-33(10-8-17)24(35)18-13-19(25(27,28)29)15-20(14-18)26(30,31)32/h3-6,13-17H,2,7-12H2,1H3. The first-order valence-corrected chi connectivity index (χ1v) is 11.7. The van der Waals surface area contributed by atoms with Crippen LogP contribution >= 0.6 is 0 Å². The summed E-state index contributed by atoms with van der Waals surface area (Å²) in [4.78, 5) is 14.3. The van der Waals surface area contributed by atoms with Gasteiger partial charge in [0.25, 0.3) is 5.91 Å². The number of nitrogens with zero attached hydrogens (tertiary/aromatic N) is 2. The highest BCUT2D eigenvalue weighted by molar-refractivity contribution is 5.95. The summed E-state index contributed by atoms with van der Waals surface area (Å²) in [5.41, 5.74) is -1.41. The van der Waals surface area contributed by atoms with Crippen LogP contribution in [0.2, 0.25) is 0 Å². The van der Waals surface area contributed by atoms with Crippen molar-refractivity contribution in [2.75, 3.05) is 26.3 Å². The fourth-order valence-corrected chi connectivity index (χ4v) is 4.75. The van der Waals surface area contributed by atoms with Gasteiger partial charge in [0.15, 0.2) is 0 Å². The van der Waals surface area contributed by atoms with E-state index in [1.807, 2.05) is 31.2 Å². The van der Waals surface area contributed by atoms with Gasteiger partial charge in [-0.2, -0.15) is 26.3 Å². The fourth-order valence-electron chi connectivity index (χ4n) is 4.75. The largest absolute Gasteiger partial charge is 0.416 e. The zero-order valence-electron chi connectivity index (χ0n) is 19.6. The van der Waals surface area contributed by atoms with Crippen molar-refractivity contribution in [3.05, 3.63) is 70.9 Å². The topological polar surface area (TPSA) is 34.5 Å². The fraction of sp³-hybridized carbons (Fsp3) is 0.423. The van der Waals surface area contributed by atoms with E-state index >= 15 is 0 Å². The van der Waals surface area contributed by atoms with E-state index < -0.39 is 35.0 Å². The third-order valence-corrected chi connectivity index (χ3v) is 6.56. The minimum Gasteiger partial charge on any atom is -0.380 e. The Labute approximate surface area is 204 Å². The number of rotatable bonds is 6. The zero-order valence-corrected chi connectivity index (χ0v) is 19.6. The van der Waals surface area contributed by atoms with Gasteiger partial charge in [-0.3, -0.25) is 4.79 Å². The number of hydrogen-bond donors (Lipinski definition) is 0. The van der Waals surface area contributed by atoms with Crippen molar-refractivity contribution in [3.63, 3.8) is 0 Å². The summed E-state index contributed by atoms with van der Waals surface area (Å²) in [5.74, 6) is -0.719. The Morgan fingerprint density at radius 2 is 1.58 bits per heavy atom. The Hall–Kier alpha value is -3.01. The molecule has 1 aliphatic rings. The quantitative estimate of drug-likeness (QED) is 0.271. The SMILES string of the molecule is CCOCCn1cc(C2CCN(C(=O)c3cc(C(F)(F)F)cc(C(F)(F)F)c3)CC2)c2ccccc21. The summed E-state index contributed by atoms with van der Waals surface area (Å²) in [6.07, 6.45) is -6.82. The zero-order chi connectivity index (χ0) is 26.1. The molecule has 0 saturated carbocycles. The minimum atomic E-state index is -5.00. The van der Waals surface area contributed by atoms with Crippen LogP contribution in [0.25, 0.3) is 10.9 Å². The van der Waals surface area contributed by atoms with Crippen LogP contribution in [0.1, 0.15) is 52.7 Å². The van der Waals surface area contributed by atoms with Crippen molar-refractivity contribution >= 4 is 16.8 Å². The summed E-state index contributed by atoms with van der Waals surface area (Å²) in [6.45, 7) is 4.27. The monoisotopic (exact) mass is 512 g/mol. The molecular formula is C26H26F6N2O2. The van der Waals surface area contributed by atoms with Gasteiger partial charge in [0.05, 0.1) is 17.7 Å². The lowest BCUT2D eigenvalue weighted by Crippen LogP contribution is -2.38. The van der Waals surface area contributed by atoms with E-state index in [2.05, 4.69) is 10.8 Å². The van der Waals surface area contributed by atoms with Crippen LogP contribution in [-0.4, -0.2) is 41.7 Å². The van der Waals surface area contributed by atoms with Crippen molar-refractivity contribution in [1.82, 2.24) is 9.47 Å². The summed E-state index contributed by atoms with van der Waals surface area (Å²) in [6, 6.07) is 8.98. The number of aromatic nitrogens is 1. The van der Waals surface area contributed by atoms with Crippen LogP contribution in [0.4, 0.5) is 26.3 Å². The van der Waals surface area contributed by atoms with Gasteiger partial charge < -0.3 is 14.2 Å². The Balaban J connectivity index is 1.53. The van der Waals surface area contributed by atoms with Crippen molar-refractivity contribution < 1.29 is 35.9 Å². The molecule has 36 heavy (non-hydrogen) atoms. The minimum absolute atomic E-state index is 0.0321. The van der Waals surface area contributed by atoms with Gasteiger partial charge in [-0.15, -0.1) is 0 Å². The second kappa shape index (κ2) is 10.2. The maximum absolute atomic E-state index is 13.2. The lowest BCUT2D eigenvalue weighted by atomic mass is 9.89. The van der Waals surface area contributed by atoms with E-state index in [1.54, 1.807) is 0 Å².